The molecular weight excluding hydrogens is 296 g/mol. The summed E-state index contributed by atoms with van der Waals surface area (Å²) >= 11 is 1.26. The molecule has 0 amide bonds. The van der Waals surface area contributed by atoms with Crippen LogP contribution in [-0.2, 0) is 4.74 Å². The van der Waals surface area contributed by atoms with E-state index in [1.807, 2.05) is 21.0 Å². The summed E-state index contributed by atoms with van der Waals surface area (Å²) in [5, 5.41) is 0. The maximum absolute atomic E-state index is 12.1. The van der Waals surface area contributed by atoms with Crippen LogP contribution in [0, 0.1) is 0 Å². The highest BCUT2D eigenvalue weighted by atomic mass is 32.1. The maximum atomic E-state index is 12.1. The van der Waals surface area contributed by atoms with Gasteiger partial charge >= 0.3 is 5.97 Å². The van der Waals surface area contributed by atoms with Gasteiger partial charge < -0.3 is 9.64 Å². The van der Waals surface area contributed by atoms with Gasteiger partial charge in [-0.2, -0.15) is 4.37 Å². The Labute approximate surface area is 134 Å². The minimum atomic E-state index is -0.238. The van der Waals surface area contributed by atoms with Crippen LogP contribution in [0.25, 0.3) is 11.3 Å². The summed E-state index contributed by atoms with van der Waals surface area (Å²) in [6.07, 6.45) is 2.27. The van der Waals surface area contributed by atoms with E-state index in [2.05, 4.69) is 33.5 Å². The highest BCUT2D eigenvalue weighted by Gasteiger charge is 2.34. The van der Waals surface area contributed by atoms with Crippen molar-refractivity contribution in [1.29, 1.82) is 0 Å². The summed E-state index contributed by atoms with van der Waals surface area (Å²) in [6, 6.07) is 8.31. The molecule has 4 nitrogen and oxygen atoms in total. The lowest BCUT2D eigenvalue weighted by atomic mass is 10.0. The molecule has 1 aliphatic carbocycles. The fraction of sp³-hybridized carbons (Fsp3) is 0.412. The number of hydrogen-bond acceptors (Lipinski definition) is 5. The predicted molar refractivity (Wildman–Crippen MR) is 89.8 cm³/mol. The first-order valence-corrected chi connectivity index (χ1v) is 8.33. The van der Waals surface area contributed by atoms with Gasteiger partial charge in [-0.05, 0) is 49.3 Å². The molecule has 0 aliphatic heterocycles. The lowest BCUT2D eigenvalue weighted by molar-refractivity contribution is 0.0531. The highest BCUT2D eigenvalue weighted by molar-refractivity contribution is 7.08. The molecule has 116 valence electrons. The van der Waals surface area contributed by atoms with Crippen molar-refractivity contribution < 1.29 is 9.53 Å². The Morgan fingerprint density at radius 2 is 2.00 bits per heavy atom. The molecule has 5 heteroatoms. The summed E-state index contributed by atoms with van der Waals surface area (Å²) in [6.45, 7) is 2.23. The molecule has 1 aromatic carbocycles. The quantitative estimate of drug-likeness (QED) is 0.784. The summed E-state index contributed by atoms with van der Waals surface area (Å²) < 4.78 is 9.72. The highest BCUT2D eigenvalue weighted by Crippen LogP contribution is 2.47. The third-order valence-corrected chi connectivity index (χ3v) is 4.67. The van der Waals surface area contributed by atoms with E-state index in [1.54, 1.807) is 0 Å². The second-order valence-electron chi connectivity index (χ2n) is 5.71. The third kappa shape index (κ3) is 2.86. The van der Waals surface area contributed by atoms with Gasteiger partial charge in [0.2, 0.25) is 0 Å². The van der Waals surface area contributed by atoms with E-state index >= 15 is 0 Å². The van der Waals surface area contributed by atoms with Crippen LogP contribution in [0.3, 0.4) is 0 Å². The van der Waals surface area contributed by atoms with E-state index in [1.165, 1.54) is 11.5 Å². The lowest BCUT2D eigenvalue weighted by Crippen LogP contribution is -2.08. The van der Waals surface area contributed by atoms with E-state index in [0.29, 0.717) is 17.4 Å². The third-order valence-electron chi connectivity index (χ3n) is 3.83. The Hall–Kier alpha value is -1.88. The fourth-order valence-corrected chi connectivity index (χ4v) is 3.40. The van der Waals surface area contributed by atoms with Crippen molar-refractivity contribution in [3.63, 3.8) is 0 Å². The molecule has 1 aliphatic rings. The van der Waals surface area contributed by atoms with Crippen molar-refractivity contribution in [2.45, 2.75) is 25.7 Å². The molecule has 1 aromatic heterocycles. The molecule has 0 saturated heterocycles. The molecule has 1 saturated carbocycles. The molecule has 0 N–H and O–H groups in total. The van der Waals surface area contributed by atoms with Gasteiger partial charge in [0.05, 0.1) is 12.3 Å². The van der Waals surface area contributed by atoms with Crippen molar-refractivity contribution in [2.24, 2.45) is 0 Å². The second-order valence-corrected chi connectivity index (χ2v) is 6.48. The molecule has 22 heavy (non-hydrogen) atoms. The molecule has 0 unspecified atom stereocenters. The van der Waals surface area contributed by atoms with Gasteiger partial charge in [-0.25, -0.2) is 4.79 Å². The molecule has 0 bridgehead atoms. The number of nitrogens with zero attached hydrogens (tertiary/aromatic N) is 2. The van der Waals surface area contributed by atoms with Crippen molar-refractivity contribution in [3.8, 4) is 11.3 Å². The van der Waals surface area contributed by atoms with Crippen LogP contribution in [-0.4, -0.2) is 31.0 Å². The molecule has 1 heterocycles. The van der Waals surface area contributed by atoms with Crippen LogP contribution in [0.4, 0.5) is 5.69 Å². The molecular formula is C17H20N2O2S. The minimum absolute atomic E-state index is 0.238. The van der Waals surface area contributed by atoms with E-state index in [0.717, 1.165) is 35.3 Å². The number of carbonyl (C=O) groups excluding carboxylic acids is 1. The molecule has 0 atom stereocenters. The van der Waals surface area contributed by atoms with Gasteiger partial charge in [-0.15, -0.1) is 0 Å². The van der Waals surface area contributed by atoms with Gasteiger partial charge in [0.25, 0.3) is 0 Å². The summed E-state index contributed by atoms with van der Waals surface area (Å²) in [5.74, 6) is 0.222. The number of ether oxygens (including phenoxy) is 1. The zero-order valence-corrected chi connectivity index (χ0v) is 13.9. The molecule has 3 rings (SSSR count). The van der Waals surface area contributed by atoms with Crippen LogP contribution < -0.4 is 4.90 Å². The van der Waals surface area contributed by atoms with Crippen LogP contribution >= 0.6 is 11.5 Å². The number of esters is 1. The normalized spacial score (nSPS) is 14.0. The minimum Gasteiger partial charge on any atom is -0.462 e. The number of benzene rings is 1. The summed E-state index contributed by atoms with van der Waals surface area (Å²) in [7, 11) is 4.04. The SMILES string of the molecule is CCOC(=O)c1snc(-c2ccc(N(C)C)cc2)c1C1CC1. The van der Waals surface area contributed by atoms with Crippen molar-refractivity contribution >= 4 is 23.2 Å². The van der Waals surface area contributed by atoms with Crippen molar-refractivity contribution in [3.05, 3.63) is 34.7 Å². The lowest BCUT2D eigenvalue weighted by Gasteiger charge is -2.12. The van der Waals surface area contributed by atoms with Crippen molar-refractivity contribution in [2.75, 3.05) is 25.6 Å². The van der Waals surface area contributed by atoms with E-state index in [-0.39, 0.29) is 5.97 Å². The molecule has 2 aromatic rings. The second kappa shape index (κ2) is 6.08. The van der Waals surface area contributed by atoms with E-state index in [4.69, 9.17) is 4.74 Å². The Bertz CT molecular complexity index is 672. The number of aromatic nitrogens is 1. The molecule has 0 radical (unpaired) electrons. The Morgan fingerprint density at radius 1 is 1.32 bits per heavy atom. The monoisotopic (exact) mass is 316 g/mol. The average molecular weight is 316 g/mol. The first-order chi connectivity index (χ1) is 10.6. The fourth-order valence-electron chi connectivity index (χ4n) is 2.52. The Morgan fingerprint density at radius 3 is 2.55 bits per heavy atom. The Balaban J connectivity index is 1.98. The summed E-state index contributed by atoms with van der Waals surface area (Å²) in [4.78, 5) is 14.9. The molecule has 1 fully saturated rings. The van der Waals surface area contributed by atoms with Crippen LogP contribution in [0.5, 0.6) is 0 Å². The van der Waals surface area contributed by atoms with Crippen LogP contribution in [0.2, 0.25) is 0 Å². The summed E-state index contributed by atoms with van der Waals surface area (Å²) in [5.41, 5.74) is 4.25. The van der Waals surface area contributed by atoms with E-state index in [9.17, 15) is 4.79 Å². The predicted octanol–water partition coefficient (Wildman–Crippen LogP) is 3.93. The van der Waals surface area contributed by atoms with Crippen molar-refractivity contribution in [1.82, 2.24) is 4.37 Å². The number of hydrogen-bond donors (Lipinski definition) is 0. The zero-order valence-electron chi connectivity index (χ0n) is 13.1. The van der Waals surface area contributed by atoms with Gasteiger partial charge in [-0.1, -0.05) is 12.1 Å². The number of anilines is 1. The topological polar surface area (TPSA) is 42.4 Å². The number of rotatable bonds is 5. The number of carbonyl (C=O) groups is 1. The van der Waals surface area contributed by atoms with Crippen LogP contribution in [0.1, 0.15) is 40.9 Å². The molecule has 0 spiro atoms. The first kappa shape index (κ1) is 15.0. The average Bonchev–Trinajstić information content (AvgIpc) is 3.25. The van der Waals surface area contributed by atoms with E-state index < -0.39 is 0 Å². The van der Waals surface area contributed by atoms with Gasteiger partial charge in [0.1, 0.15) is 4.88 Å². The first-order valence-electron chi connectivity index (χ1n) is 7.56. The maximum Gasteiger partial charge on any atom is 0.350 e. The largest absolute Gasteiger partial charge is 0.462 e. The van der Waals surface area contributed by atoms with Gasteiger partial charge in [0.15, 0.2) is 0 Å². The van der Waals surface area contributed by atoms with Gasteiger partial charge in [0, 0.05) is 30.9 Å². The smallest absolute Gasteiger partial charge is 0.350 e. The van der Waals surface area contributed by atoms with Gasteiger partial charge in [-0.3, -0.25) is 0 Å². The van der Waals surface area contributed by atoms with Crippen LogP contribution in [0.15, 0.2) is 24.3 Å². The zero-order chi connectivity index (χ0) is 15.7. The Kier molecular flexibility index (Phi) is 4.16. The standard InChI is InChI=1S/C17H20N2O2S/c1-4-21-17(20)16-14(11-5-6-11)15(18-22-16)12-7-9-13(10-8-12)19(2)3/h7-11H,4-6H2,1-3H3.